The maximum Gasteiger partial charge on any atom is 0.254 e. The zero-order chi connectivity index (χ0) is 19.3. The number of fused-ring (bicyclic) bond motifs is 1. The fourth-order valence-electron chi connectivity index (χ4n) is 3.97. The van der Waals surface area contributed by atoms with Crippen molar-refractivity contribution in [1.82, 2.24) is 9.55 Å². The van der Waals surface area contributed by atoms with Crippen molar-refractivity contribution in [2.75, 3.05) is 5.73 Å². The third kappa shape index (κ3) is 2.87. The molecule has 28 heavy (non-hydrogen) atoms. The van der Waals surface area contributed by atoms with Crippen molar-refractivity contribution in [1.29, 1.82) is 0 Å². The Morgan fingerprint density at radius 1 is 0.893 bits per heavy atom. The van der Waals surface area contributed by atoms with E-state index in [4.69, 9.17) is 5.73 Å². The van der Waals surface area contributed by atoms with Crippen molar-refractivity contribution in [3.05, 3.63) is 94.4 Å². The Morgan fingerprint density at radius 3 is 2.50 bits per heavy atom. The lowest BCUT2D eigenvalue weighted by Gasteiger charge is -2.08. The molecule has 0 saturated heterocycles. The molecule has 1 heterocycles. The largest absolute Gasteiger partial charge is 0.369 e. The molecular formula is C24H21N3O. The summed E-state index contributed by atoms with van der Waals surface area (Å²) in [5.74, 6) is 0.931. The van der Waals surface area contributed by atoms with E-state index in [2.05, 4.69) is 71.7 Å². The minimum absolute atomic E-state index is 0.0990. The molecular weight excluding hydrogens is 346 g/mol. The number of nitrogens with two attached hydrogens (primary N) is 1. The summed E-state index contributed by atoms with van der Waals surface area (Å²) < 4.78 is 1.38. The summed E-state index contributed by atoms with van der Waals surface area (Å²) in [5.41, 5.74) is 10.3. The maximum atomic E-state index is 12.0. The Morgan fingerprint density at radius 2 is 1.68 bits per heavy atom. The summed E-state index contributed by atoms with van der Waals surface area (Å²) in [4.78, 5) is 16.5. The fraction of sp³-hybridized carbons (Fsp3) is 0.167. The minimum atomic E-state index is -0.0990. The summed E-state index contributed by atoms with van der Waals surface area (Å²) in [6.07, 6.45) is 1.00. The van der Waals surface area contributed by atoms with Gasteiger partial charge in [0, 0.05) is 19.0 Å². The number of nitrogen functional groups attached to an aromatic ring is 1. The van der Waals surface area contributed by atoms with E-state index in [9.17, 15) is 4.79 Å². The monoisotopic (exact) mass is 367 g/mol. The SMILES string of the molecule is Cn1c(N)nc([C@H]2C[C@H]2c2cccc(-c3ccc4ccccc4c3)c2)cc1=O. The molecule has 3 aromatic carbocycles. The summed E-state index contributed by atoms with van der Waals surface area (Å²) in [6, 6.07) is 25.3. The smallest absolute Gasteiger partial charge is 0.254 e. The van der Waals surface area contributed by atoms with Gasteiger partial charge in [-0.1, -0.05) is 60.7 Å². The number of nitrogens with zero attached hydrogens (tertiary/aromatic N) is 2. The summed E-state index contributed by atoms with van der Waals surface area (Å²) in [6.45, 7) is 0. The molecule has 0 amide bonds. The van der Waals surface area contributed by atoms with Gasteiger partial charge in [0.2, 0.25) is 5.95 Å². The molecule has 1 saturated carbocycles. The Labute approximate surface area is 163 Å². The zero-order valence-electron chi connectivity index (χ0n) is 15.7. The normalized spacial score (nSPS) is 18.3. The van der Waals surface area contributed by atoms with Crippen molar-refractivity contribution < 1.29 is 0 Å². The number of aromatic nitrogens is 2. The van der Waals surface area contributed by atoms with E-state index >= 15 is 0 Å². The zero-order valence-corrected chi connectivity index (χ0v) is 15.7. The molecule has 1 aliphatic rings. The van der Waals surface area contributed by atoms with Gasteiger partial charge in [0.15, 0.2) is 0 Å². The molecule has 1 aromatic heterocycles. The highest BCUT2D eigenvalue weighted by Crippen LogP contribution is 2.54. The Bertz CT molecular complexity index is 1260. The number of rotatable bonds is 3. The topological polar surface area (TPSA) is 60.9 Å². The number of hydrogen-bond donors (Lipinski definition) is 1. The first-order valence-electron chi connectivity index (χ1n) is 9.53. The first kappa shape index (κ1) is 16.8. The Balaban J connectivity index is 1.46. The van der Waals surface area contributed by atoms with Gasteiger partial charge in [-0.25, -0.2) is 4.98 Å². The van der Waals surface area contributed by atoms with Gasteiger partial charge in [-0.2, -0.15) is 0 Å². The molecule has 4 heteroatoms. The highest BCUT2D eigenvalue weighted by molar-refractivity contribution is 5.87. The average molecular weight is 367 g/mol. The molecule has 0 bridgehead atoms. The first-order chi connectivity index (χ1) is 13.6. The summed E-state index contributed by atoms with van der Waals surface area (Å²) in [5, 5.41) is 2.49. The third-order valence-electron chi connectivity index (χ3n) is 5.76. The van der Waals surface area contributed by atoms with Crippen LogP contribution in [0, 0.1) is 0 Å². The van der Waals surface area contributed by atoms with Gasteiger partial charge in [-0.15, -0.1) is 0 Å². The van der Waals surface area contributed by atoms with Gasteiger partial charge >= 0.3 is 0 Å². The molecule has 4 aromatic rings. The Kier molecular flexibility index (Phi) is 3.79. The van der Waals surface area contributed by atoms with Gasteiger partial charge < -0.3 is 5.73 Å². The molecule has 0 radical (unpaired) electrons. The van der Waals surface area contributed by atoms with Crippen LogP contribution in [0.4, 0.5) is 5.95 Å². The van der Waals surface area contributed by atoms with Crippen LogP contribution in [0.3, 0.4) is 0 Å². The van der Waals surface area contributed by atoms with Crippen LogP contribution in [0.15, 0.2) is 77.6 Å². The van der Waals surface area contributed by atoms with E-state index in [0.717, 1.165) is 12.1 Å². The predicted octanol–water partition coefficient (Wildman–Crippen LogP) is 4.45. The second-order valence-corrected chi connectivity index (χ2v) is 7.57. The maximum absolute atomic E-state index is 12.0. The van der Waals surface area contributed by atoms with Crippen LogP contribution in [-0.4, -0.2) is 9.55 Å². The van der Waals surface area contributed by atoms with Gasteiger partial charge in [0.05, 0.1) is 5.69 Å². The van der Waals surface area contributed by atoms with Crippen molar-refractivity contribution in [2.24, 2.45) is 7.05 Å². The van der Waals surface area contributed by atoms with Crippen molar-refractivity contribution in [3.63, 3.8) is 0 Å². The van der Waals surface area contributed by atoms with Crippen LogP contribution in [0.25, 0.3) is 21.9 Å². The van der Waals surface area contributed by atoms with E-state index in [0.29, 0.717) is 5.92 Å². The first-order valence-corrected chi connectivity index (χ1v) is 9.53. The van der Waals surface area contributed by atoms with Gasteiger partial charge in [-0.05, 0) is 45.9 Å². The van der Waals surface area contributed by atoms with Crippen molar-refractivity contribution >= 4 is 16.7 Å². The van der Waals surface area contributed by atoms with Crippen LogP contribution >= 0.6 is 0 Å². The number of hydrogen-bond acceptors (Lipinski definition) is 3. The minimum Gasteiger partial charge on any atom is -0.369 e. The highest BCUT2D eigenvalue weighted by atomic mass is 16.1. The summed E-state index contributed by atoms with van der Waals surface area (Å²) in [7, 11) is 1.64. The lowest BCUT2D eigenvalue weighted by Crippen LogP contribution is -2.21. The van der Waals surface area contributed by atoms with Gasteiger partial charge in [0.25, 0.3) is 5.56 Å². The van der Waals surface area contributed by atoms with Crippen LogP contribution in [0.1, 0.15) is 29.5 Å². The molecule has 138 valence electrons. The molecule has 0 aliphatic heterocycles. The molecule has 0 unspecified atom stereocenters. The molecule has 2 atom stereocenters. The molecule has 1 aliphatic carbocycles. The van der Waals surface area contributed by atoms with Crippen molar-refractivity contribution in [2.45, 2.75) is 18.3 Å². The van der Waals surface area contributed by atoms with Crippen molar-refractivity contribution in [3.8, 4) is 11.1 Å². The van der Waals surface area contributed by atoms with E-state index in [1.54, 1.807) is 13.1 Å². The second-order valence-electron chi connectivity index (χ2n) is 7.57. The van der Waals surface area contributed by atoms with E-state index in [1.807, 2.05) is 0 Å². The summed E-state index contributed by atoms with van der Waals surface area (Å²) >= 11 is 0. The standard InChI is InChI=1S/C24H21N3O/c1-27-23(28)14-22(26-24(27)25)21-13-20(21)19-8-4-7-17(12-19)18-10-9-15-5-2-3-6-16(15)11-18/h2-12,14,20-21H,13H2,1H3,(H2,25,26)/t20-,21-/m0/s1. The molecule has 1 fully saturated rings. The lowest BCUT2D eigenvalue weighted by atomic mass is 9.98. The molecule has 0 spiro atoms. The van der Waals surface area contributed by atoms with Crippen LogP contribution in [-0.2, 0) is 7.05 Å². The van der Waals surface area contributed by atoms with Crippen LogP contribution in [0.2, 0.25) is 0 Å². The molecule has 5 rings (SSSR count). The Hall–Kier alpha value is -3.40. The van der Waals surface area contributed by atoms with Crippen LogP contribution in [0.5, 0.6) is 0 Å². The molecule has 2 N–H and O–H groups in total. The van der Waals surface area contributed by atoms with Gasteiger partial charge in [0.1, 0.15) is 0 Å². The fourth-order valence-corrected chi connectivity index (χ4v) is 3.97. The van der Waals surface area contributed by atoms with E-state index in [-0.39, 0.29) is 17.4 Å². The lowest BCUT2D eigenvalue weighted by molar-refractivity contribution is 0.813. The predicted molar refractivity (Wildman–Crippen MR) is 113 cm³/mol. The third-order valence-corrected chi connectivity index (χ3v) is 5.76. The van der Waals surface area contributed by atoms with E-state index in [1.165, 1.54) is 32.0 Å². The van der Waals surface area contributed by atoms with Crippen LogP contribution < -0.4 is 11.3 Å². The molecule has 4 nitrogen and oxygen atoms in total. The average Bonchev–Trinajstić information content (AvgIpc) is 3.52. The highest BCUT2D eigenvalue weighted by Gasteiger charge is 2.41. The number of anilines is 1. The van der Waals surface area contributed by atoms with Gasteiger partial charge in [-0.3, -0.25) is 9.36 Å². The quantitative estimate of drug-likeness (QED) is 0.582. The van der Waals surface area contributed by atoms with E-state index < -0.39 is 0 Å². The second kappa shape index (κ2) is 6.34. The number of benzene rings is 3.